The fourth-order valence-electron chi connectivity index (χ4n) is 2.95. The molecule has 1 aliphatic rings. The van der Waals surface area contributed by atoms with Crippen LogP contribution in [-0.4, -0.2) is 17.0 Å². The Bertz CT molecular complexity index is 285. The van der Waals surface area contributed by atoms with Gasteiger partial charge in [0.15, 0.2) is 6.29 Å². The molecular formula is C16H30O2. The molecule has 106 valence electrons. The van der Waals surface area contributed by atoms with Crippen molar-refractivity contribution in [3.05, 3.63) is 11.6 Å². The van der Waals surface area contributed by atoms with Crippen molar-refractivity contribution in [1.82, 2.24) is 0 Å². The molecule has 0 aliphatic heterocycles. The summed E-state index contributed by atoms with van der Waals surface area (Å²) in [7, 11) is 0. The molecule has 0 radical (unpaired) electrons. The lowest BCUT2D eigenvalue weighted by Gasteiger charge is -2.38. The van der Waals surface area contributed by atoms with E-state index >= 15 is 0 Å². The molecule has 0 bridgehead atoms. The van der Waals surface area contributed by atoms with Crippen LogP contribution in [-0.2, 0) is 4.74 Å². The molecule has 0 aromatic rings. The normalized spacial score (nSPS) is 23.4. The van der Waals surface area contributed by atoms with E-state index in [0.29, 0.717) is 0 Å². The molecule has 2 heteroatoms. The second kappa shape index (κ2) is 6.21. The highest BCUT2D eigenvalue weighted by Crippen LogP contribution is 2.40. The molecule has 0 aromatic heterocycles. The highest BCUT2D eigenvalue weighted by molar-refractivity contribution is 5.05. The molecule has 2 nitrogen and oxygen atoms in total. The van der Waals surface area contributed by atoms with E-state index in [0.717, 1.165) is 25.7 Å². The highest BCUT2D eigenvalue weighted by Gasteiger charge is 2.40. The Morgan fingerprint density at radius 1 is 1.33 bits per heavy atom. The summed E-state index contributed by atoms with van der Waals surface area (Å²) >= 11 is 0. The van der Waals surface area contributed by atoms with E-state index in [1.807, 2.05) is 0 Å². The summed E-state index contributed by atoms with van der Waals surface area (Å²) in [6.45, 7) is 10.5. The second-order valence-corrected chi connectivity index (χ2v) is 6.29. The number of aliphatic hydroxyl groups excluding tert-OH is 1. The summed E-state index contributed by atoms with van der Waals surface area (Å²) in [5.41, 5.74) is 0.883. The lowest BCUT2D eigenvalue weighted by atomic mass is 9.84. The SMILES string of the molecule is CCC1(OC(O)C(C)(C=C(C)C)CC)CCCC1. The second-order valence-electron chi connectivity index (χ2n) is 6.29. The molecule has 2 atom stereocenters. The maximum atomic E-state index is 10.5. The van der Waals surface area contributed by atoms with Gasteiger partial charge in [0.25, 0.3) is 0 Å². The van der Waals surface area contributed by atoms with Crippen LogP contribution in [0.2, 0.25) is 0 Å². The van der Waals surface area contributed by atoms with Gasteiger partial charge in [-0.1, -0.05) is 45.3 Å². The number of ether oxygens (including phenoxy) is 1. The molecule has 0 amide bonds. The number of hydrogen-bond donors (Lipinski definition) is 1. The van der Waals surface area contributed by atoms with Crippen LogP contribution in [0, 0.1) is 5.41 Å². The van der Waals surface area contributed by atoms with Gasteiger partial charge >= 0.3 is 0 Å². The summed E-state index contributed by atoms with van der Waals surface area (Å²) in [4.78, 5) is 0. The van der Waals surface area contributed by atoms with Crippen LogP contribution < -0.4 is 0 Å². The Morgan fingerprint density at radius 2 is 1.89 bits per heavy atom. The average Bonchev–Trinajstić information content (AvgIpc) is 2.77. The summed E-state index contributed by atoms with van der Waals surface area (Å²) in [5, 5.41) is 10.5. The zero-order valence-electron chi connectivity index (χ0n) is 12.8. The Morgan fingerprint density at radius 3 is 2.28 bits per heavy atom. The monoisotopic (exact) mass is 254 g/mol. The van der Waals surface area contributed by atoms with Gasteiger partial charge < -0.3 is 9.84 Å². The van der Waals surface area contributed by atoms with Gasteiger partial charge in [-0.05, 0) is 39.5 Å². The van der Waals surface area contributed by atoms with Crippen molar-refractivity contribution in [1.29, 1.82) is 0 Å². The van der Waals surface area contributed by atoms with Crippen molar-refractivity contribution >= 4 is 0 Å². The van der Waals surface area contributed by atoms with Gasteiger partial charge in [0.05, 0.1) is 5.60 Å². The van der Waals surface area contributed by atoms with E-state index in [4.69, 9.17) is 4.74 Å². The van der Waals surface area contributed by atoms with E-state index < -0.39 is 6.29 Å². The van der Waals surface area contributed by atoms with E-state index in [-0.39, 0.29) is 11.0 Å². The first-order chi connectivity index (χ1) is 8.37. The Labute approximate surface area is 112 Å². The third-order valence-corrected chi connectivity index (χ3v) is 4.47. The van der Waals surface area contributed by atoms with Crippen LogP contribution in [0.1, 0.15) is 73.1 Å². The smallest absolute Gasteiger partial charge is 0.164 e. The largest absolute Gasteiger partial charge is 0.367 e. The molecule has 0 spiro atoms. The minimum absolute atomic E-state index is 0.0780. The third kappa shape index (κ3) is 3.58. The van der Waals surface area contributed by atoms with Gasteiger partial charge in [0.2, 0.25) is 0 Å². The summed E-state index contributed by atoms with van der Waals surface area (Å²) in [6, 6.07) is 0. The number of rotatable bonds is 6. The summed E-state index contributed by atoms with van der Waals surface area (Å²) in [5.74, 6) is 0. The number of allylic oxidation sites excluding steroid dienone is 1. The molecule has 0 aromatic carbocycles. The zero-order valence-corrected chi connectivity index (χ0v) is 12.8. The van der Waals surface area contributed by atoms with Gasteiger partial charge in [-0.15, -0.1) is 0 Å². The maximum Gasteiger partial charge on any atom is 0.164 e. The van der Waals surface area contributed by atoms with Crippen LogP contribution in [0.3, 0.4) is 0 Å². The first kappa shape index (κ1) is 15.7. The molecule has 0 saturated heterocycles. The van der Waals surface area contributed by atoms with E-state index in [1.54, 1.807) is 0 Å². The van der Waals surface area contributed by atoms with Crippen molar-refractivity contribution in [3.63, 3.8) is 0 Å². The highest BCUT2D eigenvalue weighted by atomic mass is 16.6. The van der Waals surface area contributed by atoms with Crippen LogP contribution in [0.4, 0.5) is 0 Å². The minimum atomic E-state index is -0.699. The van der Waals surface area contributed by atoms with Gasteiger partial charge in [0.1, 0.15) is 0 Å². The minimum Gasteiger partial charge on any atom is -0.367 e. The topological polar surface area (TPSA) is 29.5 Å². The lowest BCUT2D eigenvalue weighted by Crippen LogP contribution is -2.41. The molecule has 1 aliphatic carbocycles. The van der Waals surface area contributed by atoms with Crippen molar-refractivity contribution in [3.8, 4) is 0 Å². The van der Waals surface area contributed by atoms with Crippen molar-refractivity contribution in [2.24, 2.45) is 5.41 Å². The maximum absolute atomic E-state index is 10.5. The van der Waals surface area contributed by atoms with Crippen molar-refractivity contribution < 1.29 is 9.84 Å². The average molecular weight is 254 g/mol. The standard InChI is InChI=1S/C16H30O2/c1-6-15(5,12-13(3)4)14(17)18-16(7-2)10-8-9-11-16/h12,14,17H,6-11H2,1-5H3. The van der Waals surface area contributed by atoms with Gasteiger partial charge in [-0.2, -0.15) is 0 Å². The van der Waals surface area contributed by atoms with Gasteiger partial charge in [0, 0.05) is 5.41 Å². The first-order valence-corrected chi connectivity index (χ1v) is 7.39. The number of hydrogen-bond acceptors (Lipinski definition) is 2. The Balaban J connectivity index is 2.78. The zero-order chi connectivity index (χ0) is 13.8. The summed E-state index contributed by atoms with van der Waals surface area (Å²) in [6.07, 6.45) is 7.98. The molecule has 1 rings (SSSR count). The predicted molar refractivity (Wildman–Crippen MR) is 76.4 cm³/mol. The predicted octanol–water partition coefficient (Wildman–Crippen LogP) is 4.43. The quantitative estimate of drug-likeness (QED) is 0.561. The molecule has 1 fully saturated rings. The fourth-order valence-corrected chi connectivity index (χ4v) is 2.95. The molecule has 0 heterocycles. The molecular weight excluding hydrogens is 224 g/mol. The molecule has 18 heavy (non-hydrogen) atoms. The van der Waals surface area contributed by atoms with E-state index in [9.17, 15) is 5.11 Å². The lowest BCUT2D eigenvalue weighted by molar-refractivity contribution is -0.224. The van der Waals surface area contributed by atoms with E-state index in [1.165, 1.54) is 18.4 Å². The van der Waals surface area contributed by atoms with E-state index in [2.05, 4.69) is 40.7 Å². The van der Waals surface area contributed by atoms with Crippen molar-refractivity contribution in [2.45, 2.75) is 85.0 Å². The Kier molecular flexibility index (Phi) is 5.42. The van der Waals surface area contributed by atoms with Crippen LogP contribution in [0.25, 0.3) is 0 Å². The molecule has 2 unspecified atom stereocenters. The summed E-state index contributed by atoms with van der Waals surface area (Å²) < 4.78 is 6.12. The molecule has 1 saturated carbocycles. The van der Waals surface area contributed by atoms with Crippen LogP contribution >= 0.6 is 0 Å². The number of aliphatic hydroxyl groups is 1. The van der Waals surface area contributed by atoms with Crippen LogP contribution in [0.15, 0.2) is 11.6 Å². The fraction of sp³-hybridized carbons (Fsp3) is 0.875. The third-order valence-electron chi connectivity index (χ3n) is 4.47. The van der Waals surface area contributed by atoms with Crippen LogP contribution in [0.5, 0.6) is 0 Å². The van der Waals surface area contributed by atoms with Gasteiger partial charge in [-0.25, -0.2) is 0 Å². The van der Waals surface area contributed by atoms with Gasteiger partial charge in [-0.3, -0.25) is 0 Å². The first-order valence-electron chi connectivity index (χ1n) is 7.39. The molecule has 1 N–H and O–H groups in total. The Hall–Kier alpha value is -0.340. The van der Waals surface area contributed by atoms with Crippen molar-refractivity contribution in [2.75, 3.05) is 0 Å².